The molecule has 1 aliphatic rings. The first kappa shape index (κ1) is 14.9. The van der Waals surface area contributed by atoms with Crippen molar-refractivity contribution in [2.45, 2.75) is 57.5 Å². The highest BCUT2D eigenvalue weighted by Gasteiger charge is 2.38. The summed E-state index contributed by atoms with van der Waals surface area (Å²) in [6.45, 7) is 11.4. The summed E-state index contributed by atoms with van der Waals surface area (Å²) in [6, 6.07) is 8.78. The molecule has 1 aliphatic heterocycles. The molecular formula is C17H26OS. The third-order valence-electron chi connectivity index (χ3n) is 4.66. The lowest BCUT2D eigenvalue weighted by Crippen LogP contribution is -2.42. The molecule has 1 nitrogen and oxygen atoms in total. The lowest BCUT2D eigenvalue weighted by Gasteiger charge is -2.43. The number of hydrogen-bond donors (Lipinski definition) is 0. The van der Waals surface area contributed by atoms with Gasteiger partial charge in [0, 0.05) is 4.90 Å². The molecular weight excluding hydrogens is 252 g/mol. The van der Waals surface area contributed by atoms with Crippen molar-refractivity contribution in [1.82, 2.24) is 0 Å². The summed E-state index contributed by atoms with van der Waals surface area (Å²) in [4.78, 5) is 1.32. The van der Waals surface area contributed by atoms with E-state index < -0.39 is 0 Å². The highest BCUT2D eigenvalue weighted by atomic mass is 32.2. The van der Waals surface area contributed by atoms with Gasteiger partial charge in [-0.1, -0.05) is 57.2 Å². The molecule has 19 heavy (non-hydrogen) atoms. The SMILES string of the molecule is CCC1O[C@@H](Sc2ccc(C)cc2)C(C)[C@@H](C)[C@@H]1C. The van der Waals surface area contributed by atoms with E-state index in [1.54, 1.807) is 0 Å². The molecule has 0 N–H and O–H groups in total. The minimum Gasteiger partial charge on any atom is -0.363 e. The molecule has 5 atom stereocenters. The van der Waals surface area contributed by atoms with E-state index in [1.807, 2.05) is 11.8 Å². The second kappa shape index (κ2) is 6.32. The van der Waals surface area contributed by atoms with E-state index in [1.165, 1.54) is 10.5 Å². The zero-order valence-electron chi connectivity index (χ0n) is 12.7. The van der Waals surface area contributed by atoms with Crippen LogP contribution in [0.5, 0.6) is 0 Å². The largest absolute Gasteiger partial charge is 0.363 e. The van der Waals surface area contributed by atoms with Crippen molar-refractivity contribution in [2.24, 2.45) is 17.8 Å². The van der Waals surface area contributed by atoms with Crippen molar-refractivity contribution < 1.29 is 4.74 Å². The molecule has 2 rings (SSSR count). The van der Waals surface area contributed by atoms with Gasteiger partial charge in [-0.2, -0.15) is 0 Å². The minimum atomic E-state index is 0.291. The van der Waals surface area contributed by atoms with Gasteiger partial charge in [0.1, 0.15) is 5.44 Å². The monoisotopic (exact) mass is 278 g/mol. The molecule has 0 bridgehead atoms. The fourth-order valence-corrected chi connectivity index (χ4v) is 4.06. The van der Waals surface area contributed by atoms with Gasteiger partial charge in [-0.25, -0.2) is 0 Å². The predicted molar refractivity (Wildman–Crippen MR) is 83.5 cm³/mol. The van der Waals surface area contributed by atoms with E-state index >= 15 is 0 Å². The molecule has 2 heteroatoms. The molecule has 1 aromatic rings. The molecule has 1 saturated heterocycles. The second-order valence-corrected chi connectivity index (χ2v) is 7.13. The highest BCUT2D eigenvalue weighted by molar-refractivity contribution is 7.99. The van der Waals surface area contributed by atoms with Crippen molar-refractivity contribution in [2.75, 3.05) is 0 Å². The molecule has 0 amide bonds. The molecule has 0 aliphatic carbocycles. The Hall–Kier alpha value is -0.470. The van der Waals surface area contributed by atoms with Crippen molar-refractivity contribution in [1.29, 1.82) is 0 Å². The number of aryl methyl sites for hydroxylation is 1. The molecule has 0 aromatic heterocycles. The summed E-state index contributed by atoms with van der Waals surface area (Å²) >= 11 is 1.88. The van der Waals surface area contributed by atoms with Crippen LogP contribution in [0, 0.1) is 24.7 Å². The van der Waals surface area contributed by atoms with Gasteiger partial charge in [0.05, 0.1) is 6.10 Å². The molecule has 0 radical (unpaired) electrons. The third-order valence-corrected chi connectivity index (χ3v) is 5.98. The van der Waals surface area contributed by atoms with Gasteiger partial charge in [-0.3, -0.25) is 0 Å². The van der Waals surface area contributed by atoms with Crippen LogP contribution < -0.4 is 0 Å². The standard InChI is InChI=1S/C17H26OS/c1-6-16-13(4)12(3)14(5)17(18-16)19-15-9-7-11(2)8-10-15/h7-10,12-14,16-17H,6H2,1-5H3/t12-,13-,14?,16?,17-/m0/s1. The summed E-state index contributed by atoms with van der Waals surface area (Å²) in [6.07, 6.45) is 1.53. The Morgan fingerprint density at radius 1 is 1.00 bits per heavy atom. The summed E-state index contributed by atoms with van der Waals surface area (Å²) < 4.78 is 6.33. The van der Waals surface area contributed by atoms with Crippen LogP contribution >= 0.6 is 11.8 Å². The zero-order chi connectivity index (χ0) is 14.0. The first-order valence-electron chi connectivity index (χ1n) is 7.41. The number of thioether (sulfide) groups is 1. The molecule has 1 heterocycles. The number of rotatable bonds is 3. The van der Waals surface area contributed by atoms with Gasteiger partial charge in [0.25, 0.3) is 0 Å². The van der Waals surface area contributed by atoms with E-state index in [2.05, 4.69) is 58.9 Å². The molecule has 2 unspecified atom stereocenters. The summed E-state index contributed by atoms with van der Waals surface area (Å²) in [5, 5.41) is 0. The Morgan fingerprint density at radius 2 is 1.63 bits per heavy atom. The molecule has 106 valence electrons. The average molecular weight is 278 g/mol. The van der Waals surface area contributed by atoms with E-state index in [9.17, 15) is 0 Å². The molecule has 0 spiro atoms. The summed E-state index contributed by atoms with van der Waals surface area (Å²) in [7, 11) is 0. The maximum Gasteiger partial charge on any atom is 0.110 e. The van der Waals surface area contributed by atoms with Crippen molar-refractivity contribution in [3.05, 3.63) is 29.8 Å². The van der Waals surface area contributed by atoms with Gasteiger partial charge in [-0.05, 0) is 43.2 Å². The van der Waals surface area contributed by atoms with Crippen LogP contribution in [0.1, 0.15) is 39.7 Å². The second-order valence-electron chi connectivity index (χ2n) is 5.96. The maximum atomic E-state index is 6.33. The molecule has 0 saturated carbocycles. The minimum absolute atomic E-state index is 0.291. The van der Waals surface area contributed by atoms with Gasteiger partial charge in [0.15, 0.2) is 0 Å². The Bertz CT molecular complexity index is 398. The van der Waals surface area contributed by atoms with Crippen LogP contribution in [0.2, 0.25) is 0 Å². The molecule has 1 aromatic carbocycles. The fraction of sp³-hybridized carbons (Fsp3) is 0.647. The summed E-state index contributed by atoms with van der Waals surface area (Å²) in [5.41, 5.74) is 1.61. The first-order valence-corrected chi connectivity index (χ1v) is 8.29. The van der Waals surface area contributed by atoms with Crippen molar-refractivity contribution in [3.8, 4) is 0 Å². The zero-order valence-corrected chi connectivity index (χ0v) is 13.5. The van der Waals surface area contributed by atoms with Crippen molar-refractivity contribution in [3.63, 3.8) is 0 Å². The quantitative estimate of drug-likeness (QED) is 0.758. The van der Waals surface area contributed by atoms with Crippen LogP contribution in [-0.4, -0.2) is 11.5 Å². The van der Waals surface area contributed by atoms with Gasteiger partial charge in [0.2, 0.25) is 0 Å². The van der Waals surface area contributed by atoms with E-state index in [0.717, 1.165) is 12.3 Å². The normalized spacial score (nSPS) is 35.3. The highest BCUT2D eigenvalue weighted by Crippen LogP contribution is 2.42. The molecule has 1 fully saturated rings. The van der Waals surface area contributed by atoms with E-state index in [-0.39, 0.29) is 0 Å². The topological polar surface area (TPSA) is 9.23 Å². The first-order chi connectivity index (χ1) is 9.02. The maximum absolute atomic E-state index is 6.33. The smallest absolute Gasteiger partial charge is 0.110 e. The van der Waals surface area contributed by atoms with E-state index in [0.29, 0.717) is 23.4 Å². The van der Waals surface area contributed by atoms with Crippen molar-refractivity contribution >= 4 is 11.8 Å². The lowest BCUT2D eigenvalue weighted by molar-refractivity contribution is -0.0944. The fourth-order valence-electron chi connectivity index (χ4n) is 2.84. The van der Waals surface area contributed by atoms with Crippen LogP contribution in [0.3, 0.4) is 0 Å². The van der Waals surface area contributed by atoms with E-state index in [4.69, 9.17) is 4.74 Å². The number of ether oxygens (including phenoxy) is 1. The summed E-state index contributed by atoms with van der Waals surface area (Å²) in [5.74, 6) is 1.99. The third kappa shape index (κ3) is 3.35. The van der Waals surface area contributed by atoms with Crippen LogP contribution in [-0.2, 0) is 4.74 Å². The van der Waals surface area contributed by atoms with Gasteiger partial charge >= 0.3 is 0 Å². The van der Waals surface area contributed by atoms with Crippen LogP contribution in [0.25, 0.3) is 0 Å². The predicted octanol–water partition coefficient (Wildman–Crippen LogP) is 5.13. The van der Waals surface area contributed by atoms with Gasteiger partial charge in [-0.15, -0.1) is 0 Å². The lowest BCUT2D eigenvalue weighted by atomic mass is 9.79. The Balaban J connectivity index is 2.08. The number of benzene rings is 1. The van der Waals surface area contributed by atoms with Crippen LogP contribution in [0.4, 0.5) is 0 Å². The van der Waals surface area contributed by atoms with Gasteiger partial charge < -0.3 is 4.74 Å². The van der Waals surface area contributed by atoms with Crippen LogP contribution in [0.15, 0.2) is 29.2 Å². The number of hydrogen-bond acceptors (Lipinski definition) is 2. The average Bonchev–Trinajstić information content (AvgIpc) is 2.42. The Morgan fingerprint density at radius 3 is 2.21 bits per heavy atom. The Labute approximate surface area is 122 Å². The Kier molecular flexibility index (Phi) is 4.97.